The normalized spacial score (nSPS) is 17.2. The van der Waals surface area contributed by atoms with Crippen molar-refractivity contribution in [2.75, 3.05) is 13.1 Å². The lowest BCUT2D eigenvalue weighted by Crippen LogP contribution is -2.46. The Kier molecular flexibility index (Phi) is 6.28. The number of benzene rings is 2. The molecule has 0 unspecified atom stereocenters. The predicted molar refractivity (Wildman–Crippen MR) is 105 cm³/mol. The number of alkyl halides is 3. The summed E-state index contributed by atoms with van der Waals surface area (Å²) in [6.45, 7) is 1.96. The van der Waals surface area contributed by atoms with E-state index in [1.807, 2.05) is 6.92 Å². The van der Waals surface area contributed by atoms with Gasteiger partial charge in [-0.15, -0.1) is 0 Å². The number of nitrogens with zero attached hydrogens (tertiary/aromatic N) is 1. The van der Waals surface area contributed by atoms with Crippen molar-refractivity contribution >= 4 is 20.0 Å². The van der Waals surface area contributed by atoms with Crippen molar-refractivity contribution in [2.45, 2.75) is 41.8 Å². The molecular formula is C19H21F3N2O4S2. The van der Waals surface area contributed by atoms with E-state index in [0.29, 0.717) is 6.07 Å². The zero-order valence-corrected chi connectivity index (χ0v) is 17.7. The minimum atomic E-state index is -4.81. The smallest absolute Gasteiger partial charge is 0.208 e. The minimum Gasteiger partial charge on any atom is -0.208 e. The average Bonchev–Trinajstić information content (AvgIpc) is 2.68. The van der Waals surface area contributed by atoms with Crippen LogP contribution in [0.15, 0.2) is 58.3 Å². The first-order valence-electron chi connectivity index (χ1n) is 9.16. The number of piperidine rings is 1. The Morgan fingerprint density at radius 2 is 1.50 bits per heavy atom. The zero-order valence-electron chi connectivity index (χ0n) is 16.1. The molecule has 6 nitrogen and oxygen atoms in total. The molecule has 0 saturated carbocycles. The van der Waals surface area contributed by atoms with Gasteiger partial charge < -0.3 is 0 Å². The Bertz CT molecular complexity index is 1110. The summed E-state index contributed by atoms with van der Waals surface area (Å²) in [6.07, 6.45) is -4.51. The Labute approximate surface area is 173 Å². The third-order valence-electron chi connectivity index (χ3n) is 4.92. The predicted octanol–water partition coefficient (Wildman–Crippen LogP) is 3.15. The number of aryl methyl sites for hydroxylation is 1. The maximum Gasteiger partial charge on any atom is 0.417 e. The summed E-state index contributed by atoms with van der Waals surface area (Å²) in [5, 5.41) is 0. The van der Waals surface area contributed by atoms with E-state index in [0.717, 1.165) is 17.7 Å². The van der Waals surface area contributed by atoms with Gasteiger partial charge in [-0.2, -0.15) is 17.5 Å². The molecule has 1 aliphatic rings. The van der Waals surface area contributed by atoms with Crippen LogP contribution in [0.3, 0.4) is 0 Å². The fourth-order valence-corrected chi connectivity index (χ4v) is 6.29. The van der Waals surface area contributed by atoms with Crippen molar-refractivity contribution in [3.05, 3.63) is 59.7 Å². The van der Waals surface area contributed by atoms with E-state index in [1.54, 1.807) is 12.1 Å². The highest BCUT2D eigenvalue weighted by Crippen LogP contribution is 2.34. The van der Waals surface area contributed by atoms with Gasteiger partial charge in [0.25, 0.3) is 0 Å². The first kappa shape index (κ1) is 22.7. The van der Waals surface area contributed by atoms with Gasteiger partial charge in [-0.3, -0.25) is 0 Å². The monoisotopic (exact) mass is 462 g/mol. The summed E-state index contributed by atoms with van der Waals surface area (Å²) in [4.78, 5) is -0.696. The maximum absolute atomic E-state index is 13.2. The Hall–Kier alpha value is -1.95. The molecule has 1 saturated heterocycles. The Morgan fingerprint density at radius 1 is 0.933 bits per heavy atom. The summed E-state index contributed by atoms with van der Waals surface area (Å²) >= 11 is 0. The molecule has 0 radical (unpaired) electrons. The van der Waals surface area contributed by atoms with Gasteiger partial charge in [0.2, 0.25) is 20.0 Å². The van der Waals surface area contributed by atoms with Gasteiger partial charge in [-0.1, -0.05) is 29.8 Å². The van der Waals surface area contributed by atoms with E-state index < -0.39 is 42.7 Å². The van der Waals surface area contributed by atoms with Gasteiger partial charge in [0.05, 0.1) is 15.4 Å². The van der Waals surface area contributed by atoms with Crippen molar-refractivity contribution in [1.82, 2.24) is 9.03 Å². The molecule has 1 fully saturated rings. The molecule has 164 valence electrons. The van der Waals surface area contributed by atoms with Crippen LogP contribution >= 0.6 is 0 Å². The molecule has 0 aliphatic carbocycles. The number of nitrogens with one attached hydrogen (secondary N) is 1. The topological polar surface area (TPSA) is 83.6 Å². The molecular weight excluding hydrogens is 441 g/mol. The quantitative estimate of drug-likeness (QED) is 0.740. The first-order chi connectivity index (χ1) is 13.9. The van der Waals surface area contributed by atoms with Crippen molar-refractivity contribution in [1.29, 1.82) is 0 Å². The third-order valence-corrected chi connectivity index (χ3v) is 8.41. The van der Waals surface area contributed by atoms with Crippen LogP contribution in [0.4, 0.5) is 13.2 Å². The van der Waals surface area contributed by atoms with E-state index in [4.69, 9.17) is 0 Å². The minimum absolute atomic E-state index is 0.0598. The first-order valence-corrected chi connectivity index (χ1v) is 12.1. The molecule has 1 heterocycles. The molecule has 0 amide bonds. The van der Waals surface area contributed by atoms with Gasteiger partial charge in [0.1, 0.15) is 0 Å². The van der Waals surface area contributed by atoms with Crippen LogP contribution in [-0.2, 0) is 26.2 Å². The van der Waals surface area contributed by atoms with E-state index in [-0.39, 0.29) is 30.8 Å². The van der Waals surface area contributed by atoms with E-state index >= 15 is 0 Å². The lowest BCUT2D eigenvalue weighted by molar-refractivity contribution is -0.139. The van der Waals surface area contributed by atoms with Crippen molar-refractivity contribution in [3.8, 4) is 0 Å². The van der Waals surface area contributed by atoms with Gasteiger partial charge in [0.15, 0.2) is 0 Å². The summed E-state index contributed by atoms with van der Waals surface area (Å²) in [7, 11) is -8.14. The van der Waals surface area contributed by atoms with Crippen LogP contribution in [-0.4, -0.2) is 40.3 Å². The van der Waals surface area contributed by atoms with Crippen molar-refractivity contribution in [2.24, 2.45) is 0 Å². The molecule has 1 N–H and O–H groups in total. The molecule has 3 rings (SSSR count). The molecule has 0 spiro atoms. The lowest BCUT2D eigenvalue weighted by Gasteiger charge is -2.31. The molecule has 2 aromatic rings. The number of sulfonamides is 2. The van der Waals surface area contributed by atoms with Crippen LogP contribution < -0.4 is 4.72 Å². The lowest BCUT2D eigenvalue weighted by atomic mass is 10.1. The summed E-state index contributed by atoms with van der Waals surface area (Å²) in [6, 6.07) is 9.68. The third kappa shape index (κ3) is 4.85. The number of rotatable bonds is 5. The SMILES string of the molecule is Cc1ccc(S(=O)(=O)N2CCC(NS(=O)(=O)c3ccccc3C(F)(F)F)CC2)cc1. The molecule has 2 aromatic carbocycles. The second-order valence-corrected chi connectivity index (χ2v) is 10.7. The highest BCUT2D eigenvalue weighted by Gasteiger charge is 2.38. The van der Waals surface area contributed by atoms with E-state index in [2.05, 4.69) is 4.72 Å². The molecule has 1 aliphatic heterocycles. The van der Waals surface area contributed by atoms with Gasteiger partial charge in [0, 0.05) is 19.1 Å². The van der Waals surface area contributed by atoms with E-state index in [9.17, 15) is 30.0 Å². The number of halogens is 3. The average molecular weight is 463 g/mol. The van der Waals surface area contributed by atoms with Crippen molar-refractivity contribution in [3.63, 3.8) is 0 Å². The Morgan fingerprint density at radius 3 is 2.07 bits per heavy atom. The van der Waals surface area contributed by atoms with Crippen molar-refractivity contribution < 1.29 is 30.0 Å². The summed E-state index contributed by atoms with van der Waals surface area (Å²) in [5.74, 6) is 0. The standard InChI is InChI=1S/C19H21F3N2O4S2/c1-14-6-8-16(9-7-14)30(27,28)24-12-10-15(11-13-24)23-29(25,26)18-5-3-2-4-17(18)19(20,21)22/h2-9,15,23H,10-13H2,1H3. The van der Waals surface area contributed by atoms with E-state index in [1.165, 1.54) is 22.5 Å². The highest BCUT2D eigenvalue weighted by molar-refractivity contribution is 7.89. The molecule has 0 bridgehead atoms. The highest BCUT2D eigenvalue weighted by atomic mass is 32.2. The fourth-order valence-electron chi connectivity index (χ4n) is 3.29. The Balaban J connectivity index is 1.71. The van der Waals surface area contributed by atoms with Gasteiger partial charge in [-0.25, -0.2) is 21.6 Å². The molecule has 0 aromatic heterocycles. The van der Waals surface area contributed by atoms with Crippen LogP contribution in [0.5, 0.6) is 0 Å². The number of hydrogen-bond donors (Lipinski definition) is 1. The van der Waals surface area contributed by atoms with Crippen LogP contribution in [0.2, 0.25) is 0 Å². The molecule has 0 atom stereocenters. The summed E-state index contributed by atoms with van der Waals surface area (Å²) < 4.78 is 93.6. The van der Waals surface area contributed by atoms with Crippen LogP contribution in [0.25, 0.3) is 0 Å². The molecule has 11 heteroatoms. The largest absolute Gasteiger partial charge is 0.417 e. The fraction of sp³-hybridized carbons (Fsp3) is 0.368. The van der Waals surface area contributed by atoms with Gasteiger partial charge in [-0.05, 0) is 44.0 Å². The van der Waals surface area contributed by atoms with Crippen LogP contribution in [0.1, 0.15) is 24.0 Å². The second kappa shape index (κ2) is 8.29. The van der Waals surface area contributed by atoms with Crippen LogP contribution in [0, 0.1) is 6.92 Å². The zero-order chi connectivity index (χ0) is 22.2. The summed E-state index contributed by atoms with van der Waals surface area (Å²) in [5.41, 5.74) is -0.321. The second-order valence-electron chi connectivity index (χ2n) is 7.11. The maximum atomic E-state index is 13.2. The van der Waals surface area contributed by atoms with Gasteiger partial charge >= 0.3 is 6.18 Å². The molecule has 30 heavy (non-hydrogen) atoms. The number of hydrogen-bond acceptors (Lipinski definition) is 4.